The highest BCUT2D eigenvalue weighted by molar-refractivity contribution is 5.77. The Morgan fingerprint density at radius 1 is 1.41 bits per heavy atom. The minimum Gasteiger partial charge on any atom is -0.467 e. The van der Waals surface area contributed by atoms with Gasteiger partial charge in [0.15, 0.2) is 12.8 Å². The van der Waals surface area contributed by atoms with E-state index in [0.29, 0.717) is 31.4 Å². The fourth-order valence-electron chi connectivity index (χ4n) is 2.73. The molecule has 2 aliphatic rings. The lowest BCUT2D eigenvalue weighted by Gasteiger charge is -2.23. The number of benzene rings is 1. The first kappa shape index (κ1) is 15.1. The van der Waals surface area contributed by atoms with E-state index in [1.54, 1.807) is 0 Å². The number of fused-ring (bicyclic) bond motifs is 1. The Balaban J connectivity index is 1.53. The van der Waals surface area contributed by atoms with Crippen LogP contribution in [0.5, 0.6) is 5.75 Å². The molecule has 1 heterocycles. The third kappa shape index (κ3) is 3.68. The minimum atomic E-state index is -0.269. The van der Waals surface area contributed by atoms with Gasteiger partial charge in [0.05, 0.1) is 6.61 Å². The van der Waals surface area contributed by atoms with Crippen LogP contribution in [0.2, 0.25) is 0 Å². The Kier molecular flexibility index (Phi) is 4.77. The Morgan fingerprint density at radius 2 is 2.27 bits per heavy atom. The van der Waals surface area contributed by atoms with Crippen molar-refractivity contribution in [3.63, 3.8) is 0 Å². The Labute approximate surface area is 129 Å². The molecule has 0 radical (unpaired) electrons. The summed E-state index contributed by atoms with van der Waals surface area (Å²) in [6.45, 7) is 2.00. The number of nitrogens with two attached hydrogens (primary N) is 1. The molecule has 3 N–H and O–H groups in total. The highest BCUT2D eigenvalue weighted by Crippen LogP contribution is 2.29. The molecule has 3 rings (SSSR count). The van der Waals surface area contributed by atoms with Crippen LogP contribution in [-0.4, -0.2) is 25.8 Å². The standard InChI is InChI=1S/C16H22FN3O2/c17-14-6-12(15-13(7-14)9-21-10-22-15)4-5-19-16(18)20-8-11-2-1-3-11/h6-7,11H,1-5,8-10H2,(H3,18,19,20). The molecule has 1 aromatic rings. The van der Waals surface area contributed by atoms with Gasteiger partial charge in [-0.2, -0.15) is 0 Å². The van der Waals surface area contributed by atoms with Gasteiger partial charge in [0.25, 0.3) is 0 Å². The molecule has 0 unspecified atom stereocenters. The van der Waals surface area contributed by atoms with Gasteiger partial charge in [-0.1, -0.05) is 6.42 Å². The number of rotatable bonds is 5. The maximum atomic E-state index is 13.6. The first-order valence-electron chi connectivity index (χ1n) is 7.78. The van der Waals surface area contributed by atoms with Gasteiger partial charge in [0, 0.05) is 18.7 Å². The van der Waals surface area contributed by atoms with Crippen LogP contribution in [0.3, 0.4) is 0 Å². The average Bonchev–Trinajstić information content (AvgIpc) is 2.45. The van der Waals surface area contributed by atoms with Crippen molar-refractivity contribution in [3.05, 3.63) is 29.1 Å². The summed E-state index contributed by atoms with van der Waals surface area (Å²) in [7, 11) is 0. The van der Waals surface area contributed by atoms with Crippen molar-refractivity contribution in [2.24, 2.45) is 16.6 Å². The molecule has 1 fully saturated rings. The quantitative estimate of drug-likeness (QED) is 0.644. The van der Waals surface area contributed by atoms with E-state index in [-0.39, 0.29) is 12.6 Å². The van der Waals surface area contributed by atoms with Gasteiger partial charge in [0.1, 0.15) is 11.6 Å². The van der Waals surface area contributed by atoms with E-state index in [1.807, 2.05) is 0 Å². The van der Waals surface area contributed by atoms with Crippen LogP contribution < -0.4 is 15.8 Å². The van der Waals surface area contributed by atoms with Crippen molar-refractivity contribution >= 4 is 5.96 Å². The average molecular weight is 307 g/mol. The summed E-state index contributed by atoms with van der Waals surface area (Å²) in [5, 5.41) is 3.08. The molecule has 22 heavy (non-hydrogen) atoms. The van der Waals surface area contributed by atoms with Gasteiger partial charge in [-0.3, -0.25) is 4.99 Å². The molecule has 1 aromatic carbocycles. The molecule has 0 spiro atoms. The van der Waals surface area contributed by atoms with E-state index in [2.05, 4.69) is 10.3 Å². The van der Waals surface area contributed by atoms with E-state index < -0.39 is 0 Å². The summed E-state index contributed by atoms with van der Waals surface area (Å²) in [6.07, 6.45) is 4.44. The van der Waals surface area contributed by atoms with Crippen LogP contribution >= 0.6 is 0 Å². The fraction of sp³-hybridized carbons (Fsp3) is 0.562. The summed E-state index contributed by atoms with van der Waals surface area (Å²) in [6, 6.07) is 2.97. The second kappa shape index (κ2) is 6.96. The van der Waals surface area contributed by atoms with Gasteiger partial charge >= 0.3 is 0 Å². The molecular formula is C16H22FN3O2. The lowest BCUT2D eigenvalue weighted by molar-refractivity contribution is -0.0172. The molecule has 0 atom stereocenters. The molecule has 0 amide bonds. The van der Waals surface area contributed by atoms with Crippen molar-refractivity contribution in [1.82, 2.24) is 5.32 Å². The molecule has 5 nitrogen and oxygen atoms in total. The Morgan fingerprint density at radius 3 is 3.05 bits per heavy atom. The highest BCUT2D eigenvalue weighted by Gasteiger charge is 2.17. The topological polar surface area (TPSA) is 68.9 Å². The smallest absolute Gasteiger partial charge is 0.189 e. The number of nitrogens with one attached hydrogen (secondary N) is 1. The van der Waals surface area contributed by atoms with Gasteiger partial charge < -0.3 is 20.5 Å². The summed E-state index contributed by atoms with van der Waals surface area (Å²) in [5.41, 5.74) is 7.43. The molecule has 6 heteroatoms. The predicted molar refractivity (Wildman–Crippen MR) is 82.2 cm³/mol. The summed E-state index contributed by atoms with van der Waals surface area (Å²) in [5.74, 6) is 1.62. The number of nitrogens with zero attached hydrogens (tertiary/aromatic N) is 1. The SMILES string of the molecule is NC(=NCC1CCC1)NCCc1cc(F)cc2c1OCOC2. The summed E-state index contributed by atoms with van der Waals surface area (Å²) in [4.78, 5) is 4.34. The number of guanidine groups is 1. The maximum absolute atomic E-state index is 13.6. The second-order valence-electron chi connectivity index (χ2n) is 5.86. The van der Waals surface area contributed by atoms with Crippen molar-refractivity contribution in [3.8, 4) is 5.75 Å². The molecule has 1 aliphatic heterocycles. The lowest BCUT2D eigenvalue weighted by Crippen LogP contribution is -2.34. The first-order chi connectivity index (χ1) is 10.7. The molecule has 1 saturated carbocycles. The van der Waals surface area contributed by atoms with E-state index in [9.17, 15) is 4.39 Å². The van der Waals surface area contributed by atoms with Gasteiger partial charge in [0.2, 0.25) is 0 Å². The van der Waals surface area contributed by atoms with Crippen molar-refractivity contribution in [2.75, 3.05) is 19.9 Å². The normalized spacial score (nSPS) is 18.3. The molecule has 1 aliphatic carbocycles. The Hall–Kier alpha value is -1.82. The number of ether oxygens (including phenoxy) is 2. The zero-order valence-corrected chi connectivity index (χ0v) is 12.6. The van der Waals surface area contributed by atoms with Gasteiger partial charge in [-0.05, 0) is 42.9 Å². The largest absolute Gasteiger partial charge is 0.467 e. The van der Waals surface area contributed by atoms with Crippen LogP contribution in [-0.2, 0) is 17.8 Å². The van der Waals surface area contributed by atoms with E-state index in [1.165, 1.54) is 31.4 Å². The molecule has 120 valence electrons. The Bertz CT molecular complexity index is 559. The monoisotopic (exact) mass is 307 g/mol. The number of hydrogen-bond donors (Lipinski definition) is 2. The van der Waals surface area contributed by atoms with Crippen LogP contribution in [0, 0.1) is 11.7 Å². The number of halogens is 1. The third-order valence-electron chi connectivity index (χ3n) is 4.20. The van der Waals surface area contributed by atoms with Gasteiger partial charge in [-0.25, -0.2) is 4.39 Å². The van der Waals surface area contributed by atoms with E-state index in [4.69, 9.17) is 15.2 Å². The maximum Gasteiger partial charge on any atom is 0.189 e. The summed E-state index contributed by atoms with van der Waals surface area (Å²) < 4.78 is 24.3. The van der Waals surface area contributed by atoms with Gasteiger partial charge in [-0.15, -0.1) is 0 Å². The van der Waals surface area contributed by atoms with E-state index >= 15 is 0 Å². The third-order valence-corrected chi connectivity index (χ3v) is 4.20. The van der Waals surface area contributed by atoms with E-state index in [0.717, 1.165) is 23.4 Å². The fourth-order valence-corrected chi connectivity index (χ4v) is 2.73. The highest BCUT2D eigenvalue weighted by atomic mass is 19.1. The van der Waals surface area contributed by atoms with Crippen LogP contribution in [0.1, 0.15) is 30.4 Å². The van der Waals surface area contributed by atoms with Crippen molar-refractivity contribution in [1.29, 1.82) is 0 Å². The van der Waals surface area contributed by atoms with Crippen molar-refractivity contribution in [2.45, 2.75) is 32.3 Å². The second-order valence-corrected chi connectivity index (χ2v) is 5.86. The molecular weight excluding hydrogens is 285 g/mol. The predicted octanol–water partition coefficient (Wildman–Crippen LogP) is 1.94. The van der Waals surface area contributed by atoms with Crippen LogP contribution in [0.15, 0.2) is 17.1 Å². The minimum absolute atomic E-state index is 0.212. The number of hydrogen-bond acceptors (Lipinski definition) is 3. The molecule has 0 aromatic heterocycles. The molecule has 0 saturated heterocycles. The molecule has 0 bridgehead atoms. The first-order valence-corrected chi connectivity index (χ1v) is 7.78. The summed E-state index contributed by atoms with van der Waals surface area (Å²) >= 11 is 0. The lowest BCUT2D eigenvalue weighted by atomic mass is 9.86. The van der Waals surface area contributed by atoms with Crippen LogP contribution in [0.25, 0.3) is 0 Å². The zero-order valence-electron chi connectivity index (χ0n) is 12.6. The number of aliphatic imine (C=N–C) groups is 1. The van der Waals surface area contributed by atoms with Crippen LogP contribution in [0.4, 0.5) is 4.39 Å². The van der Waals surface area contributed by atoms with Crippen molar-refractivity contribution < 1.29 is 13.9 Å². The zero-order chi connectivity index (χ0) is 15.4.